The van der Waals surface area contributed by atoms with Crippen molar-refractivity contribution >= 4 is 11.8 Å². The van der Waals surface area contributed by atoms with E-state index >= 15 is 0 Å². The zero-order chi connectivity index (χ0) is 20.2. The molecule has 1 aliphatic carbocycles. The van der Waals surface area contributed by atoms with E-state index in [2.05, 4.69) is 23.5 Å². The highest BCUT2D eigenvalue weighted by molar-refractivity contribution is 5.95. The highest BCUT2D eigenvalue weighted by atomic mass is 16.2. The third kappa shape index (κ3) is 4.83. The molecular formula is C24H25N3O2. The van der Waals surface area contributed by atoms with Crippen LogP contribution in [0, 0.1) is 17.2 Å². The summed E-state index contributed by atoms with van der Waals surface area (Å²) in [5.41, 5.74) is 3.17. The molecule has 0 radical (unpaired) electrons. The smallest absolute Gasteiger partial charge is 0.253 e. The highest BCUT2D eigenvalue weighted by Gasteiger charge is 2.25. The molecule has 1 aliphatic heterocycles. The van der Waals surface area contributed by atoms with Gasteiger partial charge in [0.05, 0.1) is 11.6 Å². The fraction of sp³-hybridized carbons (Fsp3) is 0.375. The molecule has 0 spiro atoms. The maximum Gasteiger partial charge on any atom is 0.253 e. The summed E-state index contributed by atoms with van der Waals surface area (Å²) in [5, 5.41) is 11.9. The summed E-state index contributed by atoms with van der Waals surface area (Å²) in [6.45, 7) is 1.51. The average molecular weight is 387 g/mol. The largest absolute Gasteiger partial charge is 0.349 e. The number of hydrogen-bond donors (Lipinski definition) is 1. The van der Waals surface area contributed by atoms with Crippen molar-refractivity contribution in [2.75, 3.05) is 13.1 Å². The molecule has 4 rings (SSSR count). The second kappa shape index (κ2) is 8.48. The van der Waals surface area contributed by atoms with Gasteiger partial charge in [0, 0.05) is 30.3 Å². The predicted octanol–water partition coefficient (Wildman–Crippen LogP) is 3.55. The third-order valence-electron chi connectivity index (χ3n) is 5.82. The van der Waals surface area contributed by atoms with Crippen LogP contribution in [0.1, 0.15) is 57.5 Å². The molecule has 0 bridgehead atoms. The molecule has 1 N–H and O–H groups in total. The maximum atomic E-state index is 12.7. The van der Waals surface area contributed by atoms with E-state index in [1.165, 1.54) is 5.56 Å². The number of likely N-dealkylation sites (tertiary alicyclic amines) is 1. The van der Waals surface area contributed by atoms with Gasteiger partial charge in [-0.3, -0.25) is 9.59 Å². The number of carbonyl (C=O) groups excluding carboxylic acids is 2. The Balaban J connectivity index is 1.27. The van der Waals surface area contributed by atoms with Crippen LogP contribution in [0.15, 0.2) is 48.5 Å². The minimum absolute atomic E-state index is 0.0219. The molecule has 29 heavy (non-hydrogen) atoms. The molecular weight excluding hydrogens is 362 g/mol. The van der Waals surface area contributed by atoms with Crippen molar-refractivity contribution in [3.05, 3.63) is 70.8 Å². The Kier molecular flexibility index (Phi) is 5.62. The van der Waals surface area contributed by atoms with Gasteiger partial charge in [0.1, 0.15) is 0 Å². The summed E-state index contributed by atoms with van der Waals surface area (Å²) < 4.78 is 0. The zero-order valence-corrected chi connectivity index (χ0v) is 16.4. The second-order valence-corrected chi connectivity index (χ2v) is 8.07. The molecule has 1 saturated carbocycles. The van der Waals surface area contributed by atoms with Crippen molar-refractivity contribution < 1.29 is 9.59 Å². The summed E-state index contributed by atoms with van der Waals surface area (Å²) >= 11 is 0. The normalized spacial score (nSPS) is 16.9. The van der Waals surface area contributed by atoms with Crippen LogP contribution in [0.5, 0.6) is 0 Å². The molecule has 5 nitrogen and oxygen atoms in total. The van der Waals surface area contributed by atoms with Gasteiger partial charge in [0.2, 0.25) is 0 Å². The Morgan fingerprint density at radius 1 is 0.931 bits per heavy atom. The van der Waals surface area contributed by atoms with Crippen LogP contribution in [-0.2, 0) is 6.42 Å². The lowest BCUT2D eigenvalue weighted by atomic mass is 9.89. The van der Waals surface area contributed by atoms with E-state index in [9.17, 15) is 9.59 Å². The monoisotopic (exact) mass is 387 g/mol. The summed E-state index contributed by atoms with van der Waals surface area (Å²) in [6.07, 6.45) is 5.12. The van der Waals surface area contributed by atoms with Gasteiger partial charge in [-0.25, -0.2) is 0 Å². The number of amides is 2. The number of nitrogens with one attached hydrogen (secondary N) is 1. The quantitative estimate of drug-likeness (QED) is 0.853. The van der Waals surface area contributed by atoms with Crippen LogP contribution in [0.25, 0.3) is 0 Å². The fourth-order valence-corrected chi connectivity index (χ4v) is 3.83. The molecule has 2 aliphatic rings. The standard InChI is InChI=1S/C24H25N3O2/c25-16-19-3-7-21(8-4-19)24(29)27-13-11-18(12-14-27)15-17-1-5-20(6-2-17)23(28)26-22-9-10-22/h1-8,18,22H,9-15H2,(H,26,28). The van der Waals surface area contributed by atoms with E-state index in [0.717, 1.165) is 50.8 Å². The predicted molar refractivity (Wildman–Crippen MR) is 110 cm³/mol. The molecule has 0 atom stereocenters. The number of nitriles is 1. The lowest BCUT2D eigenvalue weighted by Crippen LogP contribution is -2.38. The Labute approximate surface area is 171 Å². The molecule has 1 saturated heterocycles. The first-order valence-corrected chi connectivity index (χ1v) is 10.3. The van der Waals surface area contributed by atoms with Crippen molar-refractivity contribution in [2.45, 2.75) is 38.1 Å². The number of hydrogen-bond acceptors (Lipinski definition) is 3. The number of carbonyl (C=O) groups is 2. The summed E-state index contributed by atoms with van der Waals surface area (Å²) in [4.78, 5) is 26.6. The van der Waals surface area contributed by atoms with Crippen LogP contribution in [0.2, 0.25) is 0 Å². The minimum Gasteiger partial charge on any atom is -0.349 e. The van der Waals surface area contributed by atoms with Gasteiger partial charge in [-0.1, -0.05) is 12.1 Å². The Morgan fingerprint density at radius 2 is 1.55 bits per heavy atom. The molecule has 2 aromatic carbocycles. The Bertz CT molecular complexity index is 916. The van der Waals surface area contributed by atoms with Crippen molar-refractivity contribution in [1.29, 1.82) is 5.26 Å². The van der Waals surface area contributed by atoms with E-state index in [-0.39, 0.29) is 11.8 Å². The van der Waals surface area contributed by atoms with Gasteiger partial charge in [-0.05, 0) is 80.0 Å². The minimum atomic E-state index is 0.0219. The number of nitrogens with zero attached hydrogens (tertiary/aromatic N) is 2. The Hall–Kier alpha value is -3.13. The van der Waals surface area contributed by atoms with Crippen LogP contribution in [-0.4, -0.2) is 35.8 Å². The van der Waals surface area contributed by atoms with E-state index in [4.69, 9.17) is 5.26 Å². The molecule has 0 unspecified atom stereocenters. The van der Waals surface area contributed by atoms with Gasteiger partial charge in [0.15, 0.2) is 0 Å². The highest BCUT2D eigenvalue weighted by Crippen LogP contribution is 2.24. The summed E-state index contributed by atoms with van der Waals surface area (Å²) in [5.74, 6) is 0.610. The number of benzene rings is 2. The van der Waals surface area contributed by atoms with Crippen molar-refractivity contribution in [3.8, 4) is 6.07 Å². The van der Waals surface area contributed by atoms with Gasteiger partial charge < -0.3 is 10.2 Å². The SMILES string of the molecule is N#Cc1ccc(C(=O)N2CCC(Cc3ccc(C(=O)NC4CC4)cc3)CC2)cc1. The van der Waals surface area contributed by atoms with Crippen LogP contribution in [0.3, 0.4) is 0 Å². The lowest BCUT2D eigenvalue weighted by Gasteiger charge is -2.32. The molecule has 2 amide bonds. The van der Waals surface area contributed by atoms with Crippen LogP contribution < -0.4 is 5.32 Å². The summed E-state index contributed by atoms with van der Waals surface area (Å²) in [7, 11) is 0. The maximum absolute atomic E-state index is 12.7. The zero-order valence-electron chi connectivity index (χ0n) is 16.4. The molecule has 0 aromatic heterocycles. The van der Waals surface area contributed by atoms with Gasteiger partial charge in [0.25, 0.3) is 11.8 Å². The first-order valence-electron chi connectivity index (χ1n) is 10.3. The molecule has 2 fully saturated rings. The molecule has 148 valence electrons. The van der Waals surface area contributed by atoms with Crippen LogP contribution in [0.4, 0.5) is 0 Å². The van der Waals surface area contributed by atoms with Crippen molar-refractivity contribution in [2.24, 2.45) is 5.92 Å². The first-order chi connectivity index (χ1) is 14.1. The lowest BCUT2D eigenvalue weighted by molar-refractivity contribution is 0.0690. The third-order valence-corrected chi connectivity index (χ3v) is 5.82. The second-order valence-electron chi connectivity index (χ2n) is 8.07. The number of piperidine rings is 1. The van der Waals surface area contributed by atoms with E-state index in [1.807, 2.05) is 17.0 Å². The van der Waals surface area contributed by atoms with E-state index in [1.54, 1.807) is 24.3 Å². The average Bonchev–Trinajstić information content (AvgIpc) is 3.58. The van der Waals surface area contributed by atoms with Crippen molar-refractivity contribution in [1.82, 2.24) is 10.2 Å². The number of rotatable bonds is 5. The first kappa shape index (κ1) is 19.2. The van der Waals surface area contributed by atoms with Gasteiger partial charge >= 0.3 is 0 Å². The van der Waals surface area contributed by atoms with Crippen molar-refractivity contribution in [3.63, 3.8) is 0 Å². The fourth-order valence-electron chi connectivity index (χ4n) is 3.83. The van der Waals surface area contributed by atoms with Crippen LogP contribution >= 0.6 is 0 Å². The molecule has 1 heterocycles. The Morgan fingerprint density at radius 3 is 2.14 bits per heavy atom. The topological polar surface area (TPSA) is 73.2 Å². The molecule has 2 aromatic rings. The summed E-state index contributed by atoms with van der Waals surface area (Å²) in [6, 6.07) is 17.2. The van der Waals surface area contributed by atoms with E-state index in [0.29, 0.717) is 23.1 Å². The van der Waals surface area contributed by atoms with Gasteiger partial charge in [-0.2, -0.15) is 5.26 Å². The van der Waals surface area contributed by atoms with Gasteiger partial charge in [-0.15, -0.1) is 0 Å². The molecule has 5 heteroatoms. The van der Waals surface area contributed by atoms with E-state index < -0.39 is 0 Å².